The molecule has 0 aliphatic heterocycles. The standard InChI is InChI=1S/C15H22BrNO2/c1-11(16)10-19-14-8-13(18-5)7-6-12(14)9-17-15(2,3)4/h6-8,17H,1,9-10H2,2-5H3. The fraction of sp³-hybridized carbons (Fsp3) is 0.467. The third-order valence-corrected chi connectivity index (χ3v) is 2.70. The number of methoxy groups -OCH3 is 1. The van der Waals surface area contributed by atoms with Crippen molar-refractivity contribution in [3.05, 3.63) is 34.8 Å². The average molecular weight is 328 g/mol. The van der Waals surface area contributed by atoms with Crippen molar-refractivity contribution in [3.63, 3.8) is 0 Å². The zero-order valence-corrected chi connectivity index (χ0v) is 13.6. The van der Waals surface area contributed by atoms with Crippen LogP contribution < -0.4 is 14.8 Å². The van der Waals surface area contributed by atoms with Crippen LogP contribution in [0.3, 0.4) is 0 Å². The van der Waals surface area contributed by atoms with Crippen LogP contribution in [0.5, 0.6) is 11.5 Å². The van der Waals surface area contributed by atoms with Gasteiger partial charge in [0.1, 0.15) is 18.1 Å². The van der Waals surface area contributed by atoms with E-state index in [9.17, 15) is 0 Å². The Kier molecular flexibility index (Phi) is 5.88. The van der Waals surface area contributed by atoms with E-state index in [1.54, 1.807) is 7.11 Å². The molecule has 0 spiro atoms. The SMILES string of the molecule is C=C(Br)COc1cc(OC)ccc1CNC(C)(C)C. The van der Waals surface area contributed by atoms with Crippen molar-refractivity contribution >= 4 is 15.9 Å². The smallest absolute Gasteiger partial charge is 0.128 e. The number of halogens is 1. The molecule has 0 radical (unpaired) electrons. The summed E-state index contributed by atoms with van der Waals surface area (Å²) < 4.78 is 11.8. The van der Waals surface area contributed by atoms with Crippen molar-refractivity contribution in [2.75, 3.05) is 13.7 Å². The zero-order valence-electron chi connectivity index (χ0n) is 12.0. The van der Waals surface area contributed by atoms with Crippen LogP contribution in [0.15, 0.2) is 29.3 Å². The summed E-state index contributed by atoms with van der Waals surface area (Å²) in [5.41, 5.74) is 1.17. The molecule has 4 heteroatoms. The highest BCUT2D eigenvalue weighted by Crippen LogP contribution is 2.26. The first-order valence-corrected chi connectivity index (χ1v) is 6.99. The summed E-state index contributed by atoms with van der Waals surface area (Å²) in [7, 11) is 1.65. The maximum atomic E-state index is 5.74. The predicted molar refractivity (Wildman–Crippen MR) is 83.1 cm³/mol. The van der Waals surface area contributed by atoms with E-state index in [4.69, 9.17) is 9.47 Å². The van der Waals surface area contributed by atoms with Gasteiger partial charge in [0.15, 0.2) is 0 Å². The highest BCUT2D eigenvalue weighted by Gasteiger charge is 2.12. The molecule has 0 aliphatic rings. The van der Waals surface area contributed by atoms with Crippen LogP contribution in [0.25, 0.3) is 0 Å². The second kappa shape index (κ2) is 6.96. The molecule has 0 fully saturated rings. The van der Waals surface area contributed by atoms with E-state index < -0.39 is 0 Å². The van der Waals surface area contributed by atoms with Crippen LogP contribution in [0.2, 0.25) is 0 Å². The first-order chi connectivity index (χ1) is 8.81. The molecule has 0 atom stereocenters. The van der Waals surface area contributed by atoms with Gasteiger partial charge in [0.25, 0.3) is 0 Å². The molecule has 0 bridgehead atoms. The summed E-state index contributed by atoms with van der Waals surface area (Å²) in [4.78, 5) is 0. The van der Waals surface area contributed by atoms with E-state index in [0.29, 0.717) is 6.61 Å². The first kappa shape index (κ1) is 16.1. The Hall–Kier alpha value is -1.00. The lowest BCUT2D eigenvalue weighted by Gasteiger charge is -2.22. The van der Waals surface area contributed by atoms with E-state index in [1.807, 2.05) is 18.2 Å². The van der Waals surface area contributed by atoms with E-state index in [-0.39, 0.29) is 5.54 Å². The predicted octanol–water partition coefficient (Wildman–Crippen LogP) is 3.87. The van der Waals surface area contributed by atoms with Gasteiger partial charge in [0.2, 0.25) is 0 Å². The summed E-state index contributed by atoms with van der Waals surface area (Å²) in [5.74, 6) is 1.60. The Morgan fingerprint density at radius 2 is 2.05 bits per heavy atom. The summed E-state index contributed by atoms with van der Waals surface area (Å²) in [6.07, 6.45) is 0. The van der Waals surface area contributed by atoms with E-state index in [1.165, 1.54) is 0 Å². The Labute approximate surface area is 124 Å². The lowest BCUT2D eigenvalue weighted by atomic mass is 10.1. The van der Waals surface area contributed by atoms with Crippen LogP contribution in [-0.2, 0) is 6.54 Å². The molecule has 1 aromatic carbocycles. The van der Waals surface area contributed by atoms with Crippen LogP contribution in [0.4, 0.5) is 0 Å². The highest BCUT2D eigenvalue weighted by atomic mass is 79.9. The molecule has 0 heterocycles. The van der Waals surface area contributed by atoms with Crippen molar-refractivity contribution in [1.29, 1.82) is 0 Å². The molecule has 0 saturated carbocycles. The highest BCUT2D eigenvalue weighted by molar-refractivity contribution is 9.11. The maximum Gasteiger partial charge on any atom is 0.128 e. The van der Waals surface area contributed by atoms with Crippen molar-refractivity contribution < 1.29 is 9.47 Å². The quantitative estimate of drug-likeness (QED) is 0.860. The van der Waals surface area contributed by atoms with Crippen LogP contribution in [0.1, 0.15) is 26.3 Å². The van der Waals surface area contributed by atoms with Crippen molar-refractivity contribution in [1.82, 2.24) is 5.32 Å². The molecule has 0 amide bonds. The zero-order chi connectivity index (χ0) is 14.5. The molecular weight excluding hydrogens is 306 g/mol. The van der Waals surface area contributed by atoms with Gasteiger partial charge in [-0.15, -0.1) is 0 Å². The largest absolute Gasteiger partial charge is 0.497 e. The second-order valence-corrected chi connectivity index (χ2v) is 6.50. The van der Waals surface area contributed by atoms with Gasteiger partial charge >= 0.3 is 0 Å². The minimum Gasteiger partial charge on any atom is -0.497 e. The van der Waals surface area contributed by atoms with E-state index in [0.717, 1.165) is 28.1 Å². The number of rotatable bonds is 6. The van der Waals surface area contributed by atoms with Gasteiger partial charge in [-0.1, -0.05) is 28.6 Å². The molecule has 0 saturated heterocycles. The van der Waals surface area contributed by atoms with Gasteiger partial charge < -0.3 is 14.8 Å². The molecule has 0 unspecified atom stereocenters. The summed E-state index contributed by atoms with van der Waals surface area (Å²) in [6.45, 7) is 11.4. The Morgan fingerprint density at radius 3 is 2.58 bits per heavy atom. The molecule has 1 aromatic rings. The van der Waals surface area contributed by atoms with Crippen molar-refractivity contribution in [2.24, 2.45) is 0 Å². The van der Waals surface area contributed by atoms with Crippen LogP contribution in [-0.4, -0.2) is 19.3 Å². The third-order valence-electron chi connectivity index (χ3n) is 2.47. The van der Waals surface area contributed by atoms with E-state index in [2.05, 4.69) is 48.6 Å². The number of hydrogen-bond acceptors (Lipinski definition) is 3. The van der Waals surface area contributed by atoms with E-state index >= 15 is 0 Å². The monoisotopic (exact) mass is 327 g/mol. The molecule has 0 aliphatic carbocycles. The number of ether oxygens (including phenoxy) is 2. The van der Waals surface area contributed by atoms with Crippen molar-refractivity contribution in [2.45, 2.75) is 32.9 Å². The summed E-state index contributed by atoms with van der Waals surface area (Å²) in [6, 6.07) is 5.86. The molecule has 3 nitrogen and oxygen atoms in total. The Bertz CT molecular complexity index is 438. The lowest BCUT2D eigenvalue weighted by molar-refractivity contribution is 0.345. The molecule has 19 heavy (non-hydrogen) atoms. The van der Waals surface area contributed by atoms with Crippen LogP contribution >= 0.6 is 15.9 Å². The lowest BCUT2D eigenvalue weighted by Crippen LogP contribution is -2.35. The third kappa shape index (κ3) is 6.12. The fourth-order valence-corrected chi connectivity index (χ4v) is 1.57. The molecule has 0 aromatic heterocycles. The molecular formula is C15H22BrNO2. The maximum absolute atomic E-state index is 5.74. The summed E-state index contributed by atoms with van der Waals surface area (Å²) >= 11 is 3.30. The number of nitrogens with one attached hydrogen (secondary N) is 1. The summed E-state index contributed by atoms with van der Waals surface area (Å²) in [5, 5.41) is 3.45. The molecule has 106 valence electrons. The van der Waals surface area contributed by atoms with Gasteiger partial charge in [-0.05, 0) is 26.8 Å². The number of benzene rings is 1. The van der Waals surface area contributed by atoms with Gasteiger partial charge in [-0.25, -0.2) is 0 Å². The van der Waals surface area contributed by atoms with Gasteiger partial charge in [-0.3, -0.25) is 0 Å². The van der Waals surface area contributed by atoms with Gasteiger partial charge in [0, 0.05) is 28.2 Å². The minimum atomic E-state index is 0.0657. The topological polar surface area (TPSA) is 30.5 Å². The van der Waals surface area contributed by atoms with Gasteiger partial charge in [0.05, 0.1) is 7.11 Å². The molecule has 1 rings (SSSR count). The molecule has 1 N–H and O–H groups in total. The fourth-order valence-electron chi connectivity index (χ4n) is 1.46. The minimum absolute atomic E-state index is 0.0657. The second-order valence-electron chi connectivity index (χ2n) is 5.38. The first-order valence-electron chi connectivity index (χ1n) is 6.20. The van der Waals surface area contributed by atoms with Gasteiger partial charge in [-0.2, -0.15) is 0 Å². The Balaban J connectivity index is 2.85. The normalized spacial score (nSPS) is 11.2. The average Bonchev–Trinajstić information content (AvgIpc) is 2.33. The van der Waals surface area contributed by atoms with Crippen LogP contribution in [0, 0.1) is 0 Å². The Morgan fingerprint density at radius 1 is 1.37 bits per heavy atom. The van der Waals surface area contributed by atoms with Crippen molar-refractivity contribution in [3.8, 4) is 11.5 Å². The number of hydrogen-bond donors (Lipinski definition) is 1.